The minimum atomic E-state index is -3.73. The number of halogens is 2. The Labute approximate surface area is 163 Å². The maximum Gasteiger partial charge on any atom is 0.250 e. The van der Waals surface area contributed by atoms with E-state index in [0.29, 0.717) is 16.6 Å². The van der Waals surface area contributed by atoms with Gasteiger partial charge in [0.25, 0.3) is 5.91 Å². The molecule has 0 bridgehead atoms. The van der Waals surface area contributed by atoms with Crippen molar-refractivity contribution in [2.24, 2.45) is 0 Å². The molecule has 1 amide bonds. The molecule has 0 saturated carbocycles. The van der Waals surface area contributed by atoms with Crippen LogP contribution in [0, 0.1) is 0 Å². The Balaban J connectivity index is 1.99. The molecule has 1 unspecified atom stereocenters. The second-order valence-electron chi connectivity index (χ2n) is 6.23. The number of amides is 1. The lowest BCUT2D eigenvalue weighted by Gasteiger charge is -2.31. The lowest BCUT2D eigenvalue weighted by molar-refractivity contribution is -0.119. The van der Waals surface area contributed by atoms with Gasteiger partial charge in [-0.1, -0.05) is 41.4 Å². The van der Waals surface area contributed by atoms with E-state index in [2.05, 4.69) is 0 Å². The highest BCUT2D eigenvalue weighted by molar-refractivity contribution is 7.92. The third-order valence-electron chi connectivity index (χ3n) is 4.32. The molecule has 8 heteroatoms. The fraction of sp³-hybridized carbons (Fsp3) is 0.278. The Morgan fingerprint density at radius 3 is 2.38 bits per heavy atom. The summed E-state index contributed by atoms with van der Waals surface area (Å²) in [4.78, 5) is 14.7. The molecule has 0 N–H and O–H groups in total. The quantitative estimate of drug-likeness (QED) is 0.768. The number of nitrogens with zero attached hydrogens (tertiary/aromatic N) is 2. The normalized spacial score (nSPS) is 14.8. The Morgan fingerprint density at radius 1 is 1.15 bits per heavy atom. The van der Waals surface area contributed by atoms with E-state index in [1.54, 1.807) is 11.8 Å². The van der Waals surface area contributed by atoms with Crippen molar-refractivity contribution in [2.75, 3.05) is 22.0 Å². The highest BCUT2D eigenvalue weighted by Crippen LogP contribution is 2.32. The van der Waals surface area contributed by atoms with Gasteiger partial charge in [0.2, 0.25) is 10.0 Å². The number of carbonyl (C=O) groups excluding carboxylic acids is 1. The number of hydrogen-bond acceptors (Lipinski definition) is 3. The van der Waals surface area contributed by atoms with Crippen molar-refractivity contribution in [3.05, 3.63) is 58.1 Å². The smallest absolute Gasteiger partial charge is 0.250 e. The van der Waals surface area contributed by atoms with Gasteiger partial charge in [0.1, 0.15) is 6.04 Å². The zero-order valence-corrected chi connectivity index (χ0v) is 16.6. The van der Waals surface area contributed by atoms with Crippen LogP contribution in [0.2, 0.25) is 10.0 Å². The Kier molecular flexibility index (Phi) is 5.19. The molecule has 0 saturated heterocycles. The zero-order valence-electron chi connectivity index (χ0n) is 14.3. The summed E-state index contributed by atoms with van der Waals surface area (Å²) in [6.45, 7) is 2.09. The second kappa shape index (κ2) is 7.10. The van der Waals surface area contributed by atoms with Crippen LogP contribution in [0.15, 0.2) is 42.5 Å². The van der Waals surface area contributed by atoms with Crippen LogP contribution in [0.25, 0.3) is 0 Å². The third kappa shape index (κ3) is 3.68. The van der Waals surface area contributed by atoms with Gasteiger partial charge in [-0.2, -0.15) is 0 Å². The summed E-state index contributed by atoms with van der Waals surface area (Å²) < 4.78 is 25.9. The highest BCUT2D eigenvalue weighted by Gasteiger charge is 2.35. The lowest BCUT2D eigenvalue weighted by atomic mass is 10.2. The topological polar surface area (TPSA) is 57.7 Å². The minimum Gasteiger partial charge on any atom is -0.310 e. The number of carbonyl (C=O) groups is 1. The van der Waals surface area contributed by atoms with Crippen LogP contribution < -0.4 is 9.21 Å². The summed E-state index contributed by atoms with van der Waals surface area (Å²) in [5, 5.41) is 0.597. The average Bonchev–Trinajstić information content (AvgIpc) is 2.96. The van der Waals surface area contributed by atoms with Crippen LogP contribution in [-0.4, -0.2) is 33.2 Å². The summed E-state index contributed by atoms with van der Waals surface area (Å²) >= 11 is 12.0. The fourth-order valence-electron chi connectivity index (χ4n) is 3.26. The van der Waals surface area contributed by atoms with Gasteiger partial charge in [0.05, 0.1) is 11.9 Å². The van der Waals surface area contributed by atoms with Crippen molar-refractivity contribution in [3.63, 3.8) is 0 Å². The fourth-order valence-corrected chi connectivity index (χ4v) is 4.93. The summed E-state index contributed by atoms with van der Waals surface area (Å²) in [6.07, 6.45) is 1.81. The van der Waals surface area contributed by atoms with E-state index in [-0.39, 0.29) is 11.6 Å². The van der Waals surface area contributed by atoms with Gasteiger partial charge in [0, 0.05) is 22.3 Å². The number of fused-ring (bicyclic) bond motifs is 1. The maximum atomic E-state index is 13.1. The predicted octanol–water partition coefficient (Wildman–Crippen LogP) is 3.74. The van der Waals surface area contributed by atoms with Crippen molar-refractivity contribution < 1.29 is 13.2 Å². The molecule has 0 aromatic heterocycles. The van der Waals surface area contributed by atoms with E-state index < -0.39 is 16.1 Å². The first-order valence-corrected chi connectivity index (χ1v) is 10.6. The predicted molar refractivity (Wildman–Crippen MR) is 106 cm³/mol. The van der Waals surface area contributed by atoms with Crippen molar-refractivity contribution in [1.29, 1.82) is 0 Å². The molecule has 2 aromatic rings. The second-order valence-corrected chi connectivity index (χ2v) is 8.96. The Bertz CT molecular complexity index is 942. The van der Waals surface area contributed by atoms with E-state index in [1.807, 2.05) is 24.3 Å². The van der Waals surface area contributed by atoms with E-state index in [1.165, 1.54) is 18.2 Å². The number of benzene rings is 2. The summed E-state index contributed by atoms with van der Waals surface area (Å²) in [7, 11) is -3.73. The average molecular weight is 413 g/mol. The van der Waals surface area contributed by atoms with Crippen LogP contribution >= 0.6 is 23.2 Å². The number of para-hydroxylation sites is 1. The van der Waals surface area contributed by atoms with Crippen LogP contribution in [0.1, 0.15) is 12.5 Å². The number of rotatable bonds is 4. The van der Waals surface area contributed by atoms with Gasteiger partial charge in [-0.3, -0.25) is 9.10 Å². The van der Waals surface area contributed by atoms with Crippen LogP contribution in [-0.2, 0) is 21.2 Å². The maximum absolute atomic E-state index is 13.1. The molecule has 2 aromatic carbocycles. The van der Waals surface area contributed by atoms with E-state index in [0.717, 1.165) is 28.2 Å². The molecule has 0 fully saturated rings. The SMILES string of the molecule is CC(C(=O)N1CCc2ccccc21)N(c1cc(Cl)cc(Cl)c1)S(C)(=O)=O. The van der Waals surface area contributed by atoms with Crippen LogP contribution in [0.5, 0.6) is 0 Å². The minimum absolute atomic E-state index is 0.262. The van der Waals surface area contributed by atoms with Crippen LogP contribution in [0.4, 0.5) is 11.4 Å². The summed E-state index contributed by atoms with van der Waals surface area (Å²) in [5.41, 5.74) is 2.16. The molecule has 1 aliphatic heterocycles. The van der Waals surface area contributed by atoms with Gasteiger partial charge in [-0.05, 0) is 43.2 Å². The first-order chi connectivity index (χ1) is 12.2. The molecule has 1 aliphatic rings. The summed E-state index contributed by atoms with van der Waals surface area (Å²) in [5.74, 6) is -0.295. The molecule has 138 valence electrons. The van der Waals surface area contributed by atoms with E-state index >= 15 is 0 Å². The molecular weight excluding hydrogens is 395 g/mol. The molecule has 26 heavy (non-hydrogen) atoms. The third-order valence-corrected chi connectivity index (χ3v) is 6.00. The van der Waals surface area contributed by atoms with E-state index in [4.69, 9.17) is 23.2 Å². The molecule has 1 atom stereocenters. The Hall–Kier alpha value is -1.76. The molecule has 0 aliphatic carbocycles. The zero-order chi connectivity index (χ0) is 19.1. The molecule has 1 heterocycles. The number of sulfonamides is 1. The van der Waals surface area contributed by atoms with Gasteiger partial charge in [-0.25, -0.2) is 8.42 Å². The standard InChI is InChI=1S/C18H18Cl2N2O3S/c1-12(18(23)21-8-7-13-5-3-4-6-17(13)21)22(26(2,24)25)16-10-14(19)9-15(20)11-16/h3-6,9-12H,7-8H2,1-2H3. The van der Waals surface area contributed by atoms with Gasteiger partial charge in [-0.15, -0.1) is 0 Å². The molecule has 0 radical (unpaired) electrons. The van der Waals surface area contributed by atoms with Gasteiger partial charge < -0.3 is 4.90 Å². The lowest BCUT2D eigenvalue weighted by Crippen LogP contribution is -2.49. The van der Waals surface area contributed by atoms with Crippen molar-refractivity contribution in [3.8, 4) is 0 Å². The first kappa shape index (κ1) is 19.0. The monoisotopic (exact) mass is 412 g/mol. The van der Waals surface area contributed by atoms with Gasteiger partial charge >= 0.3 is 0 Å². The molecule has 5 nitrogen and oxygen atoms in total. The first-order valence-electron chi connectivity index (χ1n) is 8.03. The van der Waals surface area contributed by atoms with E-state index in [9.17, 15) is 13.2 Å². The largest absolute Gasteiger partial charge is 0.310 e. The molecule has 0 spiro atoms. The van der Waals surface area contributed by atoms with Crippen molar-refractivity contribution in [2.45, 2.75) is 19.4 Å². The summed E-state index contributed by atoms with van der Waals surface area (Å²) in [6, 6.07) is 11.2. The molecular formula is C18H18Cl2N2O3S. The van der Waals surface area contributed by atoms with Crippen molar-refractivity contribution >= 4 is 50.5 Å². The Morgan fingerprint density at radius 2 is 1.77 bits per heavy atom. The highest BCUT2D eigenvalue weighted by atomic mass is 35.5. The number of hydrogen-bond donors (Lipinski definition) is 0. The van der Waals surface area contributed by atoms with Crippen LogP contribution in [0.3, 0.4) is 0 Å². The molecule has 3 rings (SSSR count). The van der Waals surface area contributed by atoms with Gasteiger partial charge in [0.15, 0.2) is 0 Å². The number of anilines is 2. The van der Waals surface area contributed by atoms with Crippen molar-refractivity contribution in [1.82, 2.24) is 0 Å².